The van der Waals surface area contributed by atoms with Crippen molar-refractivity contribution in [2.75, 3.05) is 0 Å². The molecule has 1 heterocycles. The van der Waals surface area contributed by atoms with Crippen LogP contribution in [0.4, 0.5) is 0 Å². The van der Waals surface area contributed by atoms with Gasteiger partial charge in [0.25, 0.3) is 0 Å². The lowest BCUT2D eigenvalue weighted by Crippen LogP contribution is -2.05. The Morgan fingerprint density at radius 1 is 1.55 bits per heavy atom. The maximum atomic E-state index is 5.70. The van der Waals surface area contributed by atoms with E-state index < -0.39 is 0 Å². The quantitative estimate of drug-likeness (QED) is 0.657. The molecule has 0 spiro atoms. The summed E-state index contributed by atoms with van der Waals surface area (Å²) in [6.07, 6.45) is 3.36. The lowest BCUT2D eigenvalue weighted by molar-refractivity contribution is 0.358. The second-order valence-electron chi connectivity index (χ2n) is 3.11. The van der Waals surface area contributed by atoms with Crippen LogP contribution in [0.5, 0.6) is 0 Å². The highest BCUT2D eigenvalue weighted by atomic mass is 16.5. The van der Waals surface area contributed by atoms with E-state index in [1.54, 1.807) is 0 Å². The molecule has 1 atom stereocenters. The second-order valence-corrected chi connectivity index (χ2v) is 3.11. The molecule has 1 aliphatic carbocycles. The van der Waals surface area contributed by atoms with Gasteiger partial charge in [-0.1, -0.05) is 5.16 Å². The Hall–Kier alpha value is -0.830. The number of nitrogens with two attached hydrogens (primary N) is 1. The van der Waals surface area contributed by atoms with Gasteiger partial charge >= 0.3 is 0 Å². The number of hydrogen-bond acceptors (Lipinski definition) is 3. The molecule has 0 saturated carbocycles. The standard InChI is InChI=1S/C8H12N2O/c1-5(9)8-6-3-2-4-7(6)10-11-8/h5H,2-4,9H2,1H3. The Morgan fingerprint density at radius 2 is 2.36 bits per heavy atom. The minimum absolute atomic E-state index is 0.00986. The van der Waals surface area contributed by atoms with Gasteiger partial charge in [0, 0.05) is 5.56 Å². The summed E-state index contributed by atoms with van der Waals surface area (Å²) in [6, 6.07) is -0.00986. The molecule has 3 nitrogen and oxygen atoms in total. The van der Waals surface area contributed by atoms with Crippen LogP contribution in [0.15, 0.2) is 4.52 Å². The molecule has 0 aromatic carbocycles. The molecule has 0 aliphatic heterocycles. The molecule has 0 saturated heterocycles. The van der Waals surface area contributed by atoms with Gasteiger partial charge in [0.15, 0.2) is 5.76 Å². The van der Waals surface area contributed by atoms with E-state index in [1.807, 2.05) is 6.92 Å². The molecule has 60 valence electrons. The van der Waals surface area contributed by atoms with E-state index >= 15 is 0 Å². The van der Waals surface area contributed by atoms with Crippen LogP contribution in [0, 0.1) is 0 Å². The average Bonchev–Trinajstić information content (AvgIpc) is 2.41. The van der Waals surface area contributed by atoms with Crippen LogP contribution < -0.4 is 5.73 Å². The monoisotopic (exact) mass is 152 g/mol. The summed E-state index contributed by atoms with van der Waals surface area (Å²) in [4.78, 5) is 0. The van der Waals surface area contributed by atoms with E-state index in [-0.39, 0.29) is 6.04 Å². The lowest BCUT2D eigenvalue weighted by Gasteiger charge is -1.99. The summed E-state index contributed by atoms with van der Waals surface area (Å²) < 4.78 is 5.12. The van der Waals surface area contributed by atoms with E-state index in [0.717, 1.165) is 24.3 Å². The highest BCUT2D eigenvalue weighted by Crippen LogP contribution is 2.27. The van der Waals surface area contributed by atoms with E-state index in [1.165, 1.54) is 12.0 Å². The Balaban J connectivity index is 2.42. The van der Waals surface area contributed by atoms with E-state index in [0.29, 0.717) is 0 Å². The summed E-state index contributed by atoms with van der Waals surface area (Å²) in [5, 5.41) is 3.96. The Bertz CT molecular complexity index is 265. The molecular formula is C8H12N2O. The molecule has 2 N–H and O–H groups in total. The van der Waals surface area contributed by atoms with Gasteiger partial charge in [-0.15, -0.1) is 0 Å². The van der Waals surface area contributed by atoms with Crippen molar-refractivity contribution in [2.24, 2.45) is 5.73 Å². The molecule has 1 unspecified atom stereocenters. The van der Waals surface area contributed by atoms with Crippen molar-refractivity contribution in [3.05, 3.63) is 17.0 Å². The van der Waals surface area contributed by atoms with Crippen molar-refractivity contribution in [3.63, 3.8) is 0 Å². The highest BCUT2D eigenvalue weighted by Gasteiger charge is 2.22. The average molecular weight is 152 g/mol. The largest absolute Gasteiger partial charge is 0.359 e. The van der Waals surface area contributed by atoms with Crippen LogP contribution in [0.3, 0.4) is 0 Å². The Morgan fingerprint density at radius 3 is 3.09 bits per heavy atom. The third kappa shape index (κ3) is 0.959. The van der Waals surface area contributed by atoms with Crippen LogP contribution in [-0.2, 0) is 12.8 Å². The van der Waals surface area contributed by atoms with Gasteiger partial charge in [0.2, 0.25) is 0 Å². The summed E-state index contributed by atoms with van der Waals surface area (Å²) in [5.41, 5.74) is 8.08. The number of aromatic nitrogens is 1. The van der Waals surface area contributed by atoms with Gasteiger partial charge in [-0.3, -0.25) is 0 Å². The van der Waals surface area contributed by atoms with Gasteiger partial charge in [-0.25, -0.2) is 0 Å². The van der Waals surface area contributed by atoms with E-state index in [2.05, 4.69) is 5.16 Å². The molecule has 2 rings (SSSR count). The maximum Gasteiger partial charge on any atom is 0.156 e. The van der Waals surface area contributed by atoms with Crippen molar-refractivity contribution >= 4 is 0 Å². The second kappa shape index (κ2) is 2.34. The van der Waals surface area contributed by atoms with Crippen molar-refractivity contribution < 1.29 is 4.52 Å². The molecule has 1 aliphatic rings. The summed E-state index contributed by atoms with van der Waals surface area (Å²) >= 11 is 0. The fourth-order valence-corrected chi connectivity index (χ4v) is 1.61. The van der Waals surface area contributed by atoms with Crippen molar-refractivity contribution in [1.29, 1.82) is 0 Å². The third-order valence-corrected chi connectivity index (χ3v) is 2.15. The van der Waals surface area contributed by atoms with Crippen LogP contribution in [0.25, 0.3) is 0 Å². The predicted octanol–water partition coefficient (Wildman–Crippen LogP) is 1.18. The first-order valence-electron chi connectivity index (χ1n) is 4.02. The summed E-state index contributed by atoms with van der Waals surface area (Å²) in [6.45, 7) is 1.93. The summed E-state index contributed by atoms with van der Waals surface area (Å²) in [5.74, 6) is 0.887. The molecule has 3 heteroatoms. The molecule has 0 bridgehead atoms. The zero-order valence-corrected chi connectivity index (χ0v) is 6.63. The first-order chi connectivity index (χ1) is 5.29. The molecule has 0 radical (unpaired) electrons. The van der Waals surface area contributed by atoms with Gasteiger partial charge < -0.3 is 10.3 Å². The van der Waals surface area contributed by atoms with Crippen LogP contribution in [0.1, 0.15) is 36.4 Å². The zero-order valence-electron chi connectivity index (χ0n) is 6.63. The maximum absolute atomic E-state index is 5.70. The fraction of sp³-hybridized carbons (Fsp3) is 0.625. The number of nitrogens with zero attached hydrogens (tertiary/aromatic N) is 1. The Kier molecular flexibility index (Phi) is 1.46. The number of rotatable bonds is 1. The fourth-order valence-electron chi connectivity index (χ4n) is 1.61. The first-order valence-corrected chi connectivity index (χ1v) is 4.02. The van der Waals surface area contributed by atoms with Crippen molar-refractivity contribution in [3.8, 4) is 0 Å². The summed E-state index contributed by atoms with van der Waals surface area (Å²) in [7, 11) is 0. The minimum Gasteiger partial charge on any atom is -0.359 e. The molecule has 0 fully saturated rings. The lowest BCUT2D eigenvalue weighted by atomic mass is 10.1. The van der Waals surface area contributed by atoms with Crippen LogP contribution in [0.2, 0.25) is 0 Å². The van der Waals surface area contributed by atoms with E-state index in [4.69, 9.17) is 10.3 Å². The SMILES string of the molecule is CC(N)c1onc2c1CCC2. The zero-order chi connectivity index (χ0) is 7.84. The normalized spacial score (nSPS) is 18.4. The molecule has 1 aromatic rings. The highest BCUT2D eigenvalue weighted by molar-refractivity contribution is 5.28. The minimum atomic E-state index is -0.00986. The first kappa shape index (κ1) is 6.85. The predicted molar refractivity (Wildman–Crippen MR) is 41.1 cm³/mol. The molecule has 11 heavy (non-hydrogen) atoms. The molecule has 1 aromatic heterocycles. The van der Waals surface area contributed by atoms with Crippen molar-refractivity contribution in [2.45, 2.75) is 32.2 Å². The smallest absolute Gasteiger partial charge is 0.156 e. The van der Waals surface area contributed by atoms with Gasteiger partial charge in [-0.2, -0.15) is 0 Å². The van der Waals surface area contributed by atoms with Crippen molar-refractivity contribution in [1.82, 2.24) is 5.16 Å². The van der Waals surface area contributed by atoms with Gasteiger partial charge in [-0.05, 0) is 26.2 Å². The topological polar surface area (TPSA) is 52.0 Å². The van der Waals surface area contributed by atoms with E-state index in [9.17, 15) is 0 Å². The molecule has 0 amide bonds. The number of aryl methyl sites for hydroxylation is 1. The van der Waals surface area contributed by atoms with Crippen LogP contribution in [-0.4, -0.2) is 5.16 Å². The molecular weight excluding hydrogens is 140 g/mol. The van der Waals surface area contributed by atoms with Gasteiger partial charge in [0.05, 0.1) is 11.7 Å². The Labute approximate surface area is 65.6 Å². The number of fused-ring (bicyclic) bond motifs is 1. The van der Waals surface area contributed by atoms with Crippen LogP contribution >= 0.6 is 0 Å². The third-order valence-electron chi connectivity index (χ3n) is 2.15. The van der Waals surface area contributed by atoms with Gasteiger partial charge in [0.1, 0.15) is 0 Å². The number of hydrogen-bond donors (Lipinski definition) is 1.